The van der Waals surface area contributed by atoms with Gasteiger partial charge in [-0.15, -0.1) is 11.6 Å². The molecule has 0 saturated heterocycles. The summed E-state index contributed by atoms with van der Waals surface area (Å²) >= 11 is 10.0. The molecule has 0 aliphatic carbocycles. The Labute approximate surface area is 130 Å². The molecule has 0 spiro atoms. The van der Waals surface area contributed by atoms with E-state index in [2.05, 4.69) is 15.9 Å². The van der Waals surface area contributed by atoms with Crippen LogP contribution in [-0.4, -0.2) is 6.61 Å². The van der Waals surface area contributed by atoms with Gasteiger partial charge in [0.25, 0.3) is 0 Å². The standard InChI is InChI=1S/C16H13BrClFO/c1-9-2-3-14(19)12(6-9)15(18)13-8-11(17)7-10-4-5-20-16(10)13/h2-3,6-8,15H,4-5H2,1H3. The smallest absolute Gasteiger partial charge is 0.128 e. The number of rotatable bonds is 2. The van der Waals surface area contributed by atoms with Gasteiger partial charge in [-0.2, -0.15) is 0 Å². The van der Waals surface area contributed by atoms with Gasteiger partial charge in [-0.1, -0.05) is 33.6 Å². The molecule has 1 aliphatic rings. The van der Waals surface area contributed by atoms with Gasteiger partial charge in [-0.25, -0.2) is 4.39 Å². The van der Waals surface area contributed by atoms with E-state index in [0.717, 1.165) is 33.3 Å². The average molecular weight is 356 g/mol. The van der Waals surface area contributed by atoms with E-state index in [-0.39, 0.29) is 5.82 Å². The predicted molar refractivity (Wildman–Crippen MR) is 82.2 cm³/mol. The Bertz CT molecular complexity index is 672. The van der Waals surface area contributed by atoms with Gasteiger partial charge in [-0.3, -0.25) is 0 Å². The second-order valence-corrected chi connectivity index (χ2v) is 6.32. The minimum atomic E-state index is -0.556. The van der Waals surface area contributed by atoms with E-state index in [9.17, 15) is 4.39 Å². The molecule has 2 aromatic rings. The fourth-order valence-corrected chi connectivity index (χ4v) is 3.36. The van der Waals surface area contributed by atoms with Crippen LogP contribution in [0.4, 0.5) is 4.39 Å². The van der Waals surface area contributed by atoms with Crippen molar-refractivity contribution in [1.82, 2.24) is 0 Å². The lowest BCUT2D eigenvalue weighted by Crippen LogP contribution is -2.00. The molecule has 1 nitrogen and oxygen atoms in total. The Morgan fingerprint density at radius 2 is 2.05 bits per heavy atom. The molecule has 0 saturated carbocycles. The van der Waals surface area contributed by atoms with Crippen LogP contribution in [0.25, 0.3) is 0 Å². The molecule has 3 rings (SSSR count). The molecule has 0 N–H and O–H groups in total. The maximum Gasteiger partial charge on any atom is 0.128 e. The van der Waals surface area contributed by atoms with E-state index in [1.807, 2.05) is 19.1 Å². The zero-order valence-electron chi connectivity index (χ0n) is 10.9. The minimum absolute atomic E-state index is 0.290. The number of halogens is 3. The molecule has 104 valence electrons. The lowest BCUT2D eigenvalue weighted by Gasteiger charge is -2.16. The molecule has 1 heterocycles. The molecule has 20 heavy (non-hydrogen) atoms. The van der Waals surface area contributed by atoms with Crippen molar-refractivity contribution < 1.29 is 9.13 Å². The summed E-state index contributed by atoms with van der Waals surface area (Å²) in [5, 5.41) is -0.556. The van der Waals surface area contributed by atoms with Crippen LogP contribution >= 0.6 is 27.5 Å². The van der Waals surface area contributed by atoms with Crippen LogP contribution in [-0.2, 0) is 6.42 Å². The van der Waals surface area contributed by atoms with Gasteiger partial charge in [0.15, 0.2) is 0 Å². The van der Waals surface area contributed by atoms with E-state index in [1.165, 1.54) is 6.07 Å². The fraction of sp³-hybridized carbons (Fsp3) is 0.250. The van der Waals surface area contributed by atoms with Crippen LogP contribution < -0.4 is 4.74 Å². The number of fused-ring (bicyclic) bond motifs is 1. The topological polar surface area (TPSA) is 9.23 Å². The molecular weight excluding hydrogens is 343 g/mol. The number of alkyl halides is 1. The number of hydrogen-bond acceptors (Lipinski definition) is 1. The third-order valence-corrected chi connectivity index (χ3v) is 4.40. The van der Waals surface area contributed by atoms with E-state index in [1.54, 1.807) is 12.1 Å². The molecule has 0 bridgehead atoms. The Morgan fingerprint density at radius 3 is 2.85 bits per heavy atom. The first kappa shape index (κ1) is 13.9. The van der Waals surface area contributed by atoms with Crippen molar-refractivity contribution in [3.05, 3.63) is 62.9 Å². The fourth-order valence-electron chi connectivity index (χ4n) is 2.51. The highest BCUT2D eigenvalue weighted by molar-refractivity contribution is 9.10. The van der Waals surface area contributed by atoms with Crippen LogP contribution in [0.15, 0.2) is 34.8 Å². The highest BCUT2D eigenvalue weighted by Gasteiger charge is 2.24. The molecule has 2 aromatic carbocycles. The predicted octanol–water partition coefficient (Wildman–Crippen LogP) is 5.16. The molecular formula is C16H13BrClFO. The van der Waals surface area contributed by atoms with Crippen LogP contribution in [0.2, 0.25) is 0 Å². The molecule has 0 amide bonds. The van der Waals surface area contributed by atoms with Crippen molar-refractivity contribution in [2.75, 3.05) is 6.61 Å². The summed E-state index contributed by atoms with van der Waals surface area (Å²) < 4.78 is 20.6. The molecule has 0 aromatic heterocycles. The largest absolute Gasteiger partial charge is 0.493 e. The Hall–Kier alpha value is -1.06. The third-order valence-electron chi connectivity index (χ3n) is 3.47. The van der Waals surface area contributed by atoms with Crippen molar-refractivity contribution in [2.24, 2.45) is 0 Å². The van der Waals surface area contributed by atoms with Crippen LogP contribution in [0, 0.1) is 12.7 Å². The molecule has 1 unspecified atom stereocenters. The lowest BCUT2D eigenvalue weighted by atomic mass is 9.99. The molecule has 1 aliphatic heterocycles. The minimum Gasteiger partial charge on any atom is -0.493 e. The summed E-state index contributed by atoms with van der Waals surface area (Å²) in [4.78, 5) is 0. The van der Waals surface area contributed by atoms with Crippen molar-refractivity contribution in [2.45, 2.75) is 18.7 Å². The second-order valence-electron chi connectivity index (χ2n) is 4.97. The van der Waals surface area contributed by atoms with Crippen molar-refractivity contribution in [1.29, 1.82) is 0 Å². The maximum absolute atomic E-state index is 14.0. The molecule has 0 radical (unpaired) electrons. The lowest BCUT2D eigenvalue weighted by molar-refractivity contribution is 0.353. The molecule has 4 heteroatoms. The highest BCUT2D eigenvalue weighted by Crippen LogP contribution is 2.42. The van der Waals surface area contributed by atoms with E-state index < -0.39 is 5.38 Å². The summed E-state index contributed by atoms with van der Waals surface area (Å²) in [6, 6.07) is 8.92. The van der Waals surface area contributed by atoms with Crippen LogP contribution in [0.5, 0.6) is 5.75 Å². The van der Waals surface area contributed by atoms with E-state index >= 15 is 0 Å². The number of benzene rings is 2. The second kappa shape index (κ2) is 5.38. The average Bonchev–Trinajstić information content (AvgIpc) is 2.87. The summed E-state index contributed by atoms with van der Waals surface area (Å²) in [6.45, 7) is 2.58. The van der Waals surface area contributed by atoms with Gasteiger partial charge >= 0.3 is 0 Å². The first-order chi connectivity index (χ1) is 9.56. The van der Waals surface area contributed by atoms with Gasteiger partial charge in [-0.05, 0) is 30.7 Å². The zero-order chi connectivity index (χ0) is 14.3. The van der Waals surface area contributed by atoms with Gasteiger partial charge in [0, 0.05) is 22.0 Å². The normalized spacial score (nSPS) is 14.8. The Kier molecular flexibility index (Phi) is 3.74. The van der Waals surface area contributed by atoms with Crippen molar-refractivity contribution in [3.63, 3.8) is 0 Å². The summed E-state index contributed by atoms with van der Waals surface area (Å²) in [7, 11) is 0. The SMILES string of the molecule is Cc1ccc(F)c(C(Cl)c2cc(Br)cc3c2OCC3)c1. The Balaban J connectivity index is 2.11. The highest BCUT2D eigenvalue weighted by atomic mass is 79.9. The monoisotopic (exact) mass is 354 g/mol. The summed E-state index contributed by atoms with van der Waals surface area (Å²) in [5.74, 6) is 0.511. The maximum atomic E-state index is 14.0. The van der Waals surface area contributed by atoms with Crippen molar-refractivity contribution >= 4 is 27.5 Å². The quantitative estimate of drug-likeness (QED) is 0.676. The molecule has 0 fully saturated rings. The van der Waals surface area contributed by atoms with Crippen molar-refractivity contribution in [3.8, 4) is 5.75 Å². The van der Waals surface area contributed by atoms with E-state index in [0.29, 0.717) is 12.2 Å². The van der Waals surface area contributed by atoms with Gasteiger partial charge in [0.2, 0.25) is 0 Å². The van der Waals surface area contributed by atoms with Gasteiger partial charge in [0.05, 0.1) is 12.0 Å². The first-order valence-corrected chi connectivity index (χ1v) is 7.64. The van der Waals surface area contributed by atoms with E-state index in [4.69, 9.17) is 16.3 Å². The first-order valence-electron chi connectivity index (χ1n) is 6.41. The summed E-state index contributed by atoms with van der Waals surface area (Å²) in [5.41, 5.74) is 3.41. The van der Waals surface area contributed by atoms with Crippen LogP contribution in [0.3, 0.4) is 0 Å². The summed E-state index contributed by atoms with van der Waals surface area (Å²) in [6.07, 6.45) is 0.863. The zero-order valence-corrected chi connectivity index (χ0v) is 13.3. The molecule has 1 atom stereocenters. The van der Waals surface area contributed by atoms with Gasteiger partial charge < -0.3 is 4.74 Å². The Morgan fingerprint density at radius 1 is 1.25 bits per heavy atom. The number of ether oxygens (including phenoxy) is 1. The van der Waals surface area contributed by atoms with Crippen LogP contribution in [0.1, 0.15) is 27.6 Å². The number of hydrogen-bond donors (Lipinski definition) is 0. The van der Waals surface area contributed by atoms with Gasteiger partial charge in [0.1, 0.15) is 11.6 Å². The number of aryl methyl sites for hydroxylation is 1. The third kappa shape index (κ3) is 2.45.